The maximum absolute atomic E-state index is 12.3. The Labute approximate surface area is 150 Å². The zero-order valence-corrected chi connectivity index (χ0v) is 15.8. The van der Waals surface area contributed by atoms with Crippen LogP contribution in [-0.4, -0.2) is 29.7 Å². The summed E-state index contributed by atoms with van der Waals surface area (Å²) in [4.78, 5) is 24.2. The topological polar surface area (TPSA) is 67.4 Å². The maximum Gasteiger partial charge on any atom is 0.407 e. The van der Waals surface area contributed by atoms with Gasteiger partial charge in [-0.05, 0) is 86.9 Å². The van der Waals surface area contributed by atoms with Gasteiger partial charge in [0.25, 0.3) is 5.91 Å². The van der Waals surface area contributed by atoms with Crippen molar-refractivity contribution < 1.29 is 14.3 Å². The predicted molar refractivity (Wildman–Crippen MR) is 97.4 cm³/mol. The molecule has 23 heavy (non-hydrogen) atoms. The van der Waals surface area contributed by atoms with E-state index < -0.39 is 11.7 Å². The molecule has 2 amide bonds. The fourth-order valence-electron chi connectivity index (χ4n) is 2.62. The molecule has 2 rings (SSSR count). The van der Waals surface area contributed by atoms with Crippen molar-refractivity contribution >= 4 is 34.6 Å². The maximum atomic E-state index is 12.3. The summed E-state index contributed by atoms with van der Waals surface area (Å²) in [6, 6.07) is 7.28. The molecule has 2 N–H and O–H groups in total. The van der Waals surface area contributed by atoms with Crippen molar-refractivity contribution in [2.45, 2.75) is 57.7 Å². The molecule has 1 saturated carbocycles. The Kier molecular flexibility index (Phi) is 5.89. The first-order valence-electron chi connectivity index (χ1n) is 7.80. The monoisotopic (exact) mass is 430 g/mol. The molecule has 126 valence electrons. The van der Waals surface area contributed by atoms with Crippen LogP contribution in [-0.2, 0) is 4.74 Å². The fraction of sp³-hybridized carbons (Fsp3) is 0.529. The number of carbonyl (C=O) groups excluding carboxylic acids is 2. The van der Waals surface area contributed by atoms with E-state index in [1.165, 1.54) is 0 Å². The number of alkyl carbamates (subject to hydrolysis) is 1. The summed E-state index contributed by atoms with van der Waals surface area (Å²) in [5.41, 5.74) is 0.108. The lowest BCUT2D eigenvalue weighted by Crippen LogP contribution is -2.49. The van der Waals surface area contributed by atoms with Gasteiger partial charge in [-0.1, -0.05) is 0 Å². The Bertz CT molecular complexity index is 566. The molecule has 0 aliphatic heterocycles. The van der Waals surface area contributed by atoms with Crippen LogP contribution >= 0.6 is 22.6 Å². The van der Waals surface area contributed by atoms with Gasteiger partial charge in [0.2, 0.25) is 0 Å². The number of rotatable bonds is 3. The summed E-state index contributed by atoms with van der Waals surface area (Å²) in [5, 5.41) is 5.90. The highest BCUT2D eigenvalue weighted by Gasteiger charge is 2.31. The van der Waals surface area contributed by atoms with Crippen LogP contribution in [0.1, 0.15) is 50.4 Å². The molecule has 0 radical (unpaired) electrons. The van der Waals surface area contributed by atoms with Crippen LogP contribution in [0.25, 0.3) is 0 Å². The van der Waals surface area contributed by atoms with E-state index in [1.54, 1.807) is 0 Å². The minimum absolute atomic E-state index is 0.0608. The van der Waals surface area contributed by atoms with Crippen molar-refractivity contribution in [1.29, 1.82) is 0 Å². The average Bonchev–Trinajstić information content (AvgIpc) is 2.84. The SMILES string of the molecule is CC(C)(C)OC(=O)NC1CCCC1NC(=O)c1ccc(I)cc1. The zero-order chi connectivity index (χ0) is 17.0. The molecule has 1 fully saturated rings. The molecule has 1 aromatic carbocycles. The average molecular weight is 430 g/mol. The summed E-state index contributed by atoms with van der Waals surface area (Å²) < 4.78 is 6.37. The van der Waals surface area contributed by atoms with E-state index in [0.29, 0.717) is 5.56 Å². The van der Waals surface area contributed by atoms with Gasteiger partial charge >= 0.3 is 6.09 Å². The molecule has 1 aliphatic rings. The normalized spacial score (nSPS) is 20.9. The Morgan fingerprint density at radius 3 is 2.22 bits per heavy atom. The minimum atomic E-state index is -0.525. The molecule has 0 saturated heterocycles. The van der Waals surface area contributed by atoms with Crippen molar-refractivity contribution in [1.82, 2.24) is 10.6 Å². The van der Waals surface area contributed by atoms with Crippen LogP contribution in [0.4, 0.5) is 4.79 Å². The molecule has 0 aromatic heterocycles. The van der Waals surface area contributed by atoms with Crippen LogP contribution in [0.2, 0.25) is 0 Å². The standard InChI is InChI=1S/C17H23IN2O3/c1-17(2,3)23-16(22)20-14-6-4-5-13(14)19-15(21)11-7-9-12(18)10-8-11/h7-10,13-14H,4-6H2,1-3H3,(H,19,21)(H,20,22). The van der Waals surface area contributed by atoms with Crippen LogP contribution in [0, 0.1) is 3.57 Å². The first-order valence-corrected chi connectivity index (χ1v) is 8.88. The van der Waals surface area contributed by atoms with E-state index in [4.69, 9.17) is 4.74 Å². The Morgan fingerprint density at radius 1 is 1.09 bits per heavy atom. The van der Waals surface area contributed by atoms with Gasteiger partial charge in [-0.3, -0.25) is 4.79 Å². The molecule has 5 nitrogen and oxygen atoms in total. The molecule has 1 aliphatic carbocycles. The largest absolute Gasteiger partial charge is 0.444 e. The Balaban J connectivity index is 1.92. The third kappa shape index (κ3) is 5.67. The number of hydrogen-bond donors (Lipinski definition) is 2. The number of nitrogens with one attached hydrogen (secondary N) is 2. The van der Waals surface area contributed by atoms with Crippen LogP contribution in [0.15, 0.2) is 24.3 Å². The summed E-state index contributed by atoms with van der Waals surface area (Å²) >= 11 is 2.20. The van der Waals surface area contributed by atoms with E-state index in [-0.39, 0.29) is 18.0 Å². The third-order valence-corrected chi connectivity index (χ3v) is 4.36. The lowest BCUT2D eigenvalue weighted by atomic mass is 10.1. The van der Waals surface area contributed by atoms with Gasteiger partial charge in [0.05, 0.1) is 6.04 Å². The Hall–Kier alpha value is -1.31. The van der Waals surface area contributed by atoms with Gasteiger partial charge in [0, 0.05) is 15.2 Å². The first-order chi connectivity index (χ1) is 10.7. The molecule has 6 heteroatoms. The third-order valence-electron chi connectivity index (χ3n) is 3.64. The van der Waals surface area contributed by atoms with Gasteiger partial charge in [-0.2, -0.15) is 0 Å². The van der Waals surface area contributed by atoms with Gasteiger partial charge in [-0.25, -0.2) is 4.79 Å². The number of halogens is 1. The van der Waals surface area contributed by atoms with Crippen molar-refractivity contribution in [2.75, 3.05) is 0 Å². The number of carbonyl (C=O) groups is 2. The number of ether oxygens (including phenoxy) is 1. The molecular formula is C17H23IN2O3. The van der Waals surface area contributed by atoms with E-state index in [0.717, 1.165) is 22.8 Å². The Morgan fingerprint density at radius 2 is 1.65 bits per heavy atom. The van der Waals surface area contributed by atoms with Crippen molar-refractivity contribution in [3.05, 3.63) is 33.4 Å². The highest BCUT2D eigenvalue weighted by molar-refractivity contribution is 14.1. The van der Waals surface area contributed by atoms with Crippen LogP contribution < -0.4 is 10.6 Å². The molecule has 0 heterocycles. The highest BCUT2D eigenvalue weighted by atomic mass is 127. The molecule has 2 unspecified atom stereocenters. The molecular weight excluding hydrogens is 407 g/mol. The zero-order valence-electron chi connectivity index (χ0n) is 13.7. The summed E-state index contributed by atoms with van der Waals surface area (Å²) in [5.74, 6) is -0.107. The van der Waals surface area contributed by atoms with Gasteiger partial charge in [0.1, 0.15) is 5.60 Å². The minimum Gasteiger partial charge on any atom is -0.444 e. The second-order valence-corrected chi connectivity index (χ2v) is 8.02. The molecule has 0 spiro atoms. The van der Waals surface area contributed by atoms with Gasteiger partial charge in [0.15, 0.2) is 0 Å². The van der Waals surface area contributed by atoms with Crippen molar-refractivity contribution in [2.24, 2.45) is 0 Å². The predicted octanol–water partition coefficient (Wildman–Crippen LogP) is 3.47. The van der Waals surface area contributed by atoms with E-state index in [9.17, 15) is 9.59 Å². The molecule has 0 bridgehead atoms. The molecule has 1 aromatic rings. The number of hydrogen-bond acceptors (Lipinski definition) is 3. The van der Waals surface area contributed by atoms with Crippen LogP contribution in [0.5, 0.6) is 0 Å². The summed E-state index contributed by atoms with van der Waals surface area (Å²) in [6.45, 7) is 5.49. The summed E-state index contributed by atoms with van der Waals surface area (Å²) in [6.07, 6.45) is 2.24. The van der Waals surface area contributed by atoms with Crippen LogP contribution in [0.3, 0.4) is 0 Å². The van der Waals surface area contributed by atoms with E-state index in [1.807, 2.05) is 45.0 Å². The second-order valence-electron chi connectivity index (χ2n) is 6.77. The first kappa shape index (κ1) is 18.0. The molecule has 2 atom stereocenters. The second kappa shape index (κ2) is 7.51. The van der Waals surface area contributed by atoms with Gasteiger partial charge in [-0.15, -0.1) is 0 Å². The van der Waals surface area contributed by atoms with E-state index in [2.05, 4.69) is 33.2 Å². The van der Waals surface area contributed by atoms with Crippen molar-refractivity contribution in [3.63, 3.8) is 0 Å². The smallest absolute Gasteiger partial charge is 0.407 e. The fourth-order valence-corrected chi connectivity index (χ4v) is 2.98. The summed E-state index contributed by atoms with van der Waals surface area (Å²) in [7, 11) is 0. The number of amides is 2. The highest BCUT2D eigenvalue weighted by Crippen LogP contribution is 2.20. The van der Waals surface area contributed by atoms with Gasteiger partial charge < -0.3 is 15.4 Å². The van der Waals surface area contributed by atoms with Crippen molar-refractivity contribution in [3.8, 4) is 0 Å². The quantitative estimate of drug-likeness (QED) is 0.722. The number of benzene rings is 1. The lowest BCUT2D eigenvalue weighted by molar-refractivity contribution is 0.0495. The van der Waals surface area contributed by atoms with E-state index >= 15 is 0 Å². The lowest BCUT2D eigenvalue weighted by Gasteiger charge is -2.25.